The van der Waals surface area contributed by atoms with Gasteiger partial charge in [-0.25, -0.2) is 4.79 Å². The fourth-order valence-corrected chi connectivity index (χ4v) is 0.914. The molecular formula is C8H11N3O4. The van der Waals surface area contributed by atoms with E-state index in [9.17, 15) is 9.59 Å². The van der Waals surface area contributed by atoms with Crippen molar-refractivity contribution in [2.75, 3.05) is 18.5 Å². The molecule has 0 saturated heterocycles. The summed E-state index contributed by atoms with van der Waals surface area (Å²) in [5.74, 6) is -1.52. The molecule has 0 aliphatic heterocycles. The van der Waals surface area contributed by atoms with Gasteiger partial charge in [-0.1, -0.05) is 0 Å². The molecule has 1 aromatic rings. The Bertz CT molecular complexity index is 361. The molecule has 82 valence electrons. The summed E-state index contributed by atoms with van der Waals surface area (Å²) in [4.78, 5) is 21.2. The number of aromatic nitrogens is 2. The molecule has 15 heavy (non-hydrogen) atoms. The maximum absolute atomic E-state index is 11.1. The molecule has 0 radical (unpaired) electrons. The second kappa shape index (κ2) is 5.11. The SMILES string of the molecule is Cn1cc(NC(=O)COCC(=O)O)cn1. The normalized spacial score (nSPS) is 9.93. The summed E-state index contributed by atoms with van der Waals surface area (Å²) in [7, 11) is 1.72. The number of carboxylic acids is 1. The zero-order valence-corrected chi connectivity index (χ0v) is 8.14. The predicted molar refractivity (Wildman–Crippen MR) is 50.3 cm³/mol. The molecule has 0 saturated carbocycles. The van der Waals surface area contributed by atoms with Gasteiger partial charge in [0.15, 0.2) is 0 Å². The fourth-order valence-electron chi connectivity index (χ4n) is 0.914. The van der Waals surface area contributed by atoms with Gasteiger partial charge in [0.2, 0.25) is 5.91 Å². The first-order chi connectivity index (χ1) is 7.08. The number of carbonyl (C=O) groups is 2. The van der Waals surface area contributed by atoms with Gasteiger partial charge >= 0.3 is 5.97 Å². The van der Waals surface area contributed by atoms with Crippen molar-refractivity contribution in [3.8, 4) is 0 Å². The van der Waals surface area contributed by atoms with Crippen molar-refractivity contribution in [3.05, 3.63) is 12.4 Å². The van der Waals surface area contributed by atoms with Crippen molar-refractivity contribution < 1.29 is 19.4 Å². The number of ether oxygens (including phenoxy) is 1. The molecule has 1 amide bonds. The molecular weight excluding hydrogens is 202 g/mol. The van der Waals surface area contributed by atoms with Crippen molar-refractivity contribution in [2.45, 2.75) is 0 Å². The van der Waals surface area contributed by atoms with Crippen LogP contribution in [0.5, 0.6) is 0 Å². The molecule has 0 unspecified atom stereocenters. The Morgan fingerprint density at radius 3 is 2.87 bits per heavy atom. The van der Waals surface area contributed by atoms with Gasteiger partial charge in [-0.15, -0.1) is 0 Å². The maximum atomic E-state index is 11.1. The highest BCUT2D eigenvalue weighted by molar-refractivity contribution is 5.91. The Kier molecular flexibility index (Phi) is 3.81. The van der Waals surface area contributed by atoms with Crippen molar-refractivity contribution in [2.24, 2.45) is 7.05 Å². The number of carboxylic acid groups (broad SMARTS) is 1. The zero-order valence-electron chi connectivity index (χ0n) is 8.14. The van der Waals surface area contributed by atoms with Crippen molar-refractivity contribution in [1.29, 1.82) is 0 Å². The summed E-state index contributed by atoms with van der Waals surface area (Å²) in [5.41, 5.74) is 0.543. The zero-order chi connectivity index (χ0) is 11.3. The average Bonchev–Trinajstić information content (AvgIpc) is 2.50. The van der Waals surface area contributed by atoms with Crippen LogP contribution in [0, 0.1) is 0 Å². The smallest absolute Gasteiger partial charge is 0.329 e. The molecule has 0 aromatic carbocycles. The van der Waals surface area contributed by atoms with E-state index in [0.717, 1.165) is 0 Å². The molecule has 0 atom stereocenters. The number of hydrogen-bond donors (Lipinski definition) is 2. The Labute approximate surface area is 85.6 Å². The molecule has 0 aliphatic carbocycles. The van der Waals surface area contributed by atoms with Gasteiger partial charge in [0.05, 0.1) is 11.9 Å². The quantitative estimate of drug-likeness (QED) is 0.685. The molecule has 7 heteroatoms. The topological polar surface area (TPSA) is 93.5 Å². The highest BCUT2D eigenvalue weighted by atomic mass is 16.5. The standard InChI is InChI=1S/C8H11N3O4/c1-11-3-6(2-9-11)10-7(12)4-15-5-8(13)14/h2-3H,4-5H2,1H3,(H,10,12)(H,13,14). The summed E-state index contributed by atoms with van der Waals surface area (Å²) in [5, 5.41) is 14.6. The minimum Gasteiger partial charge on any atom is -0.480 e. The van der Waals surface area contributed by atoms with Crippen molar-refractivity contribution >= 4 is 17.6 Å². The molecule has 0 spiro atoms. The summed E-state index contributed by atoms with van der Waals surface area (Å²) >= 11 is 0. The molecule has 0 aliphatic rings. The van der Waals surface area contributed by atoms with Crippen molar-refractivity contribution in [3.63, 3.8) is 0 Å². The minimum atomic E-state index is -1.11. The van der Waals surface area contributed by atoms with Gasteiger partial charge in [0, 0.05) is 13.2 Å². The number of aryl methyl sites for hydroxylation is 1. The number of nitrogens with zero attached hydrogens (tertiary/aromatic N) is 2. The van der Waals surface area contributed by atoms with Crippen LogP contribution >= 0.6 is 0 Å². The third-order valence-corrected chi connectivity index (χ3v) is 1.45. The number of hydrogen-bond acceptors (Lipinski definition) is 4. The Morgan fingerprint density at radius 2 is 2.33 bits per heavy atom. The highest BCUT2D eigenvalue weighted by Crippen LogP contribution is 2.02. The van der Waals surface area contributed by atoms with E-state index in [1.165, 1.54) is 10.9 Å². The Hall–Kier alpha value is -1.89. The lowest BCUT2D eigenvalue weighted by Gasteiger charge is -2.01. The molecule has 0 fully saturated rings. The number of nitrogens with one attached hydrogen (secondary N) is 1. The van der Waals surface area contributed by atoms with E-state index < -0.39 is 18.5 Å². The van der Waals surface area contributed by atoms with Gasteiger partial charge in [0.25, 0.3) is 0 Å². The summed E-state index contributed by atoms with van der Waals surface area (Å²) in [6.07, 6.45) is 3.10. The molecule has 1 aromatic heterocycles. The first kappa shape index (κ1) is 11.2. The Morgan fingerprint density at radius 1 is 1.60 bits per heavy atom. The van der Waals surface area contributed by atoms with E-state index in [1.54, 1.807) is 13.2 Å². The van der Waals surface area contributed by atoms with Gasteiger partial charge in [-0.2, -0.15) is 5.10 Å². The van der Waals surface area contributed by atoms with Crippen molar-refractivity contribution in [1.82, 2.24) is 9.78 Å². The van der Waals surface area contributed by atoms with Gasteiger partial charge in [-0.05, 0) is 0 Å². The molecule has 1 heterocycles. The lowest BCUT2D eigenvalue weighted by Crippen LogP contribution is -2.20. The molecule has 7 nitrogen and oxygen atoms in total. The van der Waals surface area contributed by atoms with Crippen LogP contribution in [-0.2, 0) is 21.4 Å². The number of anilines is 1. The van der Waals surface area contributed by atoms with Crippen LogP contribution in [0.2, 0.25) is 0 Å². The van der Waals surface area contributed by atoms with E-state index in [1.807, 2.05) is 0 Å². The third-order valence-electron chi connectivity index (χ3n) is 1.45. The lowest BCUT2D eigenvalue weighted by atomic mass is 10.5. The first-order valence-corrected chi connectivity index (χ1v) is 4.16. The Balaban J connectivity index is 2.27. The van der Waals surface area contributed by atoms with E-state index in [2.05, 4.69) is 15.2 Å². The van der Waals surface area contributed by atoms with E-state index >= 15 is 0 Å². The summed E-state index contributed by atoms with van der Waals surface area (Å²) in [6.45, 7) is -0.776. The second-order valence-corrected chi connectivity index (χ2v) is 2.84. The van der Waals surface area contributed by atoms with E-state index in [-0.39, 0.29) is 6.61 Å². The molecule has 0 bridgehead atoms. The summed E-state index contributed by atoms with van der Waals surface area (Å²) in [6, 6.07) is 0. The minimum absolute atomic E-state index is 0.290. The number of rotatable bonds is 5. The number of carbonyl (C=O) groups excluding carboxylic acids is 1. The van der Waals surface area contributed by atoms with Gasteiger partial charge in [-0.3, -0.25) is 9.48 Å². The molecule has 2 N–H and O–H groups in total. The van der Waals surface area contributed by atoms with Crippen LogP contribution in [0.15, 0.2) is 12.4 Å². The third kappa shape index (κ3) is 4.23. The van der Waals surface area contributed by atoms with Gasteiger partial charge < -0.3 is 15.2 Å². The molecule has 1 rings (SSSR count). The first-order valence-electron chi connectivity index (χ1n) is 4.16. The van der Waals surface area contributed by atoms with E-state index in [4.69, 9.17) is 5.11 Å². The largest absolute Gasteiger partial charge is 0.480 e. The van der Waals surface area contributed by atoms with Crippen LogP contribution in [0.1, 0.15) is 0 Å². The van der Waals surface area contributed by atoms with Crippen LogP contribution in [0.3, 0.4) is 0 Å². The van der Waals surface area contributed by atoms with Crippen LogP contribution < -0.4 is 5.32 Å². The van der Waals surface area contributed by atoms with Crippen LogP contribution in [0.4, 0.5) is 5.69 Å². The maximum Gasteiger partial charge on any atom is 0.329 e. The lowest BCUT2D eigenvalue weighted by molar-refractivity contribution is -0.143. The monoisotopic (exact) mass is 213 g/mol. The highest BCUT2D eigenvalue weighted by Gasteiger charge is 2.05. The average molecular weight is 213 g/mol. The fraction of sp³-hybridized carbons (Fsp3) is 0.375. The van der Waals surface area contributed by atoms with Gasteiger partial charge in [0.1, 0.15) is 13.2 Å². The number of amides is 1. The predicted octanol–water partition coefficient (Wildman–Crippen LogP) is -0.540. The number of aliphatic carboxylic acids is 1. The summed E-state index contributed by atoms with van der Waals surface area (Å²) < 4.78 is 6.13. The second-order valence-electron chi connectivity index (χ2n) is 2.84. The van der Waals surface area contributed by atoms with Crippen LogP contribution in [-0.4, -0.2) is 40.0 Å². The van der Waals surface area contributed by atoms with E-state index in [0.29, 0.717) is 5.69 Å². The van der Waals surface area contributed by atoms with Crippen LogP contribution in [0.25, 0.3) is 0 Å².